The molecule has 3 rings (SSSR count). The summed E-state index contributed by atoms with van der Waals surface area (Å²) < 4.78 is 5.14. The number of amides is 1. The molecule has 0 unspecified atom stereocenters. The van der Waals surface area contributed by atoms with Gasteiger partial charge in [0.2, 0.25) is 5.95 Å². The van der Waals surface area contributed by atoms with E-state index in [2.05, 4.69) is 31.1 Å². The molecule has 1 N–H and O–H groups in total. The minimum absolute atomic E-state index is 0.187. The van der Waals surface area contributed by atoms with Gasteiger partial charge in [0, 0.05) is 27.6 Å². The Labute approximate surface area is 175 Å². The molecule has 1 amide bonds. The molecule has 0 saturated heterocycles. The summed E-state index contributed by atoms with van der Waals surface area (Å²) in [6.07, 6.45) is -0.330. The van der Waals surface area contributed by atoms with Gasteiger partial charge >= 0.3 is 6.09 Å². The molecule has 8 heteroatoms. The van der Waals surface area contributed by atoms with Gasteiger partial charge in [0.15, 0.2) is 0 Å². The molecule has 1 aliphatic rings. The lowest BCUT2D eigenvalue weighted by atomic mass is 9.88. The second-order valence-corrected chi connectivity index (χ2v) is 8.63. The zero-order valence-electron chi connectivity index (χ0n) is 16.5. The zero-order valence-corrected chi connectivity index (χ0v) is 18.0. The number of carbonyl (C=O) groups is 1. The quantitative estimate of drug-likeness (QED) is 0.736. The number of rotatable bonds is 4. The Hall–Kier alpha value is -2.05. The summed E-state index contributed by atoms with van der Waals surface area (Å²) >= 11 is 12.1. The summed E-state index contributed by atoms with van der Waals surface area (Å²) in [6.45, 7) is 9.81. The molecule has 1 aliphatic heterocycles. The Bertz CT molecular complexity index is 876. The highest BCUT2D eigenvalue weighted by Gasteiger charge is 2.32. The fourth-order valence-corrected chi connectivity index (χ4v) is 3.76. The maximum atomic E-state index is 12.1. The minimum atomic E-state index is -0.330. The van der Waals surface area contributed by atoms with Gasteiger partial charge in [-0.25, -0.2) is 14.8 Å². The maximum Gasteiger partial charge on any atom is 0.410 e. The molecule has 28 heavy (non-hydrogen) atoms. The van der Waals surface area contributed by atoms with Crippen LogP contribution in [0.5, 0.6) is 0 Å². The van der Waals surface area contributed by atoms with Gasteiger partial charge < -0.3 is 10.1 Å². The van der Waals surface area contributed by atoms with Crippen molar-refractivity contribution in [3.8, 4) is 0 Å². The number of halogens is 2. The van der Waals surface area contributed by atoms with Gasteiger partial charge in [0.25, 0.3) is 0 Å². The number of aromatic nitrogens is 2. The van der Waals surface area contributed by atoms with Crippen LogP contribution in [0.15, 0.2) is 18.2 Å². The van der Waals surface area contributed by atoms with Crippen LogP contribution in [0.1, 0.15) is 50.2 Å². The Morgan fingerprint density at radius 2 is 1.86 bits per heavy atom. The van der Waals surface area contributed by atoms with E-state index in [4.69, 9.17) is 32.9 Å². The average Bonchev–Trinajstić information content (AvgIpc) is 3.02. The molecule has 1 aromatic carbocycles. The van der Waals surface area contributed by atoms with Crippen molar-refractivity contribution in [3.63, 3.8) is 0 Å². The van der Waals surface area contributed by atoms with Crippen LogP contribution < -0.4 is 5.32 Å². The first-order valence-electron chi connectivity index (χ1n) is 9.18. The van der Waals surface area contributed by atoms with Gasteiger partial charge in [-0.1, -0.05) is 44.0 Å². The van der Waals surface area contributed by atoms with Gasteiger partial charge in [-0.3, -0.25) is 4.90 Å². The molecular weight excluding hydrogens is 399 g/mol. The summed E-state index contributed by atoms with van der Waals surface area (Å²) in [5.74, 6) is 0.519. The third kappa shape index (κ3) is 4.67. The van der Waals surface area contributed by atoms with Gasteiger partial charge in [0.1, 0.15) is 0 Å². The van der Waals surface area contributed by atoms with Crippen molar-refractivity contribution in [2.24, 2.45) is 0 Å². The van der Waals surface area contributed by atoms with Crippen LogP contribution in [0.25, 0.3) is 0 Å². The van der Waals surface area contributed by atoms with Crippen molar-refractivity contribution in [2.45, 2.75) is 52.7 Å². The van der Waals surface area contributed by atoms with Crippen LogP contribution in [0.3, 0.4) is 0 Å². The SMILES string of the molecule is CCOC(=O)N1Cc2nc(NCc3cc(Cl)cc(Cl)c3)nc(C(C)(C)C)c2C1. The molecule has 150 valence electrons. The lowest BCUT2D eigenvalue weighted by Gasteiger charge is -2.22. The van der Waals surface area contributed by atoms with Crippen molar-refractivity contribution in [3.05, 3.63) is 50.8 Å². The first-order valence-corrected chi connectivity index (χ1v) is 9.93. The largest absolute Gasteiger partial charge is 0.450 e. The molecule has 0 atom stereocenters. The number of hydrogen-bond donors (Lipinski definition) is 1. The van der Waals surface area contributed by atoms with Gasteiger partial charge in [-0.05, 0) is 30.7 Å². The maximum absolute atomic E-state index is 12.1. The molecule has 2 aromatic rings. The Morgan fingerprint density at radius 3 is 2.46 bits per heavy atom. The third-order valence-corrected chi connectivity index (χ3v) is 4.83. The van der Waals surface area contributed by atoms with E-state index in [0.29, 0.717) is 42.2 Å². The third-order valence-electron chi connectivity index (χ3n) is 4.39. The number of fused-ring (bicyclic) bond motifs is 1. The monoisotopic (exact) mass is 422 g/mol. The summed E-state index contributed by atoms with van der Waals surface area (Å²) in [4.78, 5) is 23.2. The number of anilines is 1. The molecule has 0 bridgehead atoms. The Morgan fingerprint density at radius 1 is 1.18 bits per heavy atom. The molecule has 2 heterocycles. The normalized spacial score (nSPS) is 13.4. The first kappa shape index (κ1) is 20.7. The summed E-state index contributed by atoms with van der Waals surface area (Å²) in [5, 5.41) is 4.42. The predicted molar refractivity (Wildman–Crippen MR) is 111 cm³/mol. The van der Waals surface area contributed by atoms with E-state index in [9.17, 15) is 4.79 Å². The fourth-order valence-electron chi connectivity index (χ4n) is 3.19. The fraction of sp³-hybridized carbons (Fsp3) is 0.450. The van der Waals surface area contributed by atoms with Gasteiger partial charge in [-0.15, -0.1) is 0 Å². The number of ether oxygens (including phenoxy) is 1. The lowest BCUT2D eigenvalue weighted by molar-refractivity contribution is 0.106. The highest BCUT2D eigenvalue weighted by atomic mass is 35.5. The summed E-state index contributed by atoms with van der Waals surface area (Å²) in [6, 6.07) is 5.39. The summed E-state index contributed by atoms with van der Waals surface area (Å²) in [5.41, 5.74) is 3.52. The van der Waals surface area contributed by atoms with Crippen molar-refractivity contribution >= 4 is 35.2 Å². The van der Waals surface area contributed by atoms with Crippen LogP contribution in [0, 0.1) is 0 Å². The minimum Gasteiger partial charge on any atom is -0.450 e. The van der Waals surface area contributed by atoms with E-state index >= 15 is 0 Å². The van der Waals surface area contributed by atoms with E-state index < -0.39 is 0 Å². The molecule has 0 fully saturated rings. The van der Waals surface area contributed by atoms with Crippen LogP contribution in [-0.2, 0) is 29.8 Å². The van der Waals surface area contributed by atoms with Crippen LogP contribution in [0.4, 0.5) is 10.7 Å². The zero-order chi connectivity index (χ0) is 20.5. The second kappa shape index (κ2) is 8.13. The topological polar surface area (TPSA) is 67.3 Å². The van der Waals surface area contributed by atoms with Crippen molar-refractivity contribution in [2.75, 3.05) is 11.9 Å². The highest BCUT2D eigenvalue weighted by Crippen LogP contribution is 2.32. The Kier molecular flexibility index (Phi) is 6.01. The standard InChI is InChI=1S/C20H24Cl2N4O2/c1-5-28-19(27)26-10-15-16(11-26)24-18(25-17(15)20(2,3)4)23-9-12-6-13(21)8-14(22)7-12/h6-8H,5,9-11H2,1-4H3,(H,23,24,25). The van der Waals surface area contributed by atoms with Crippen LogP contribution in [-0.4, -0.2) is 27.6 Å². The van der Waals surface area contributed by atoms with E-state index in [0.717, 1.165) is 22.5 Å². The smallest absolute Gasteiger partial charge is 0.410 e. The average molecular weight is 423 g/mol. The van der Waals surface area contributed by atoms with E-state index in [1.54, 1.807) is 17.9 Å². The predicted octanol–water partition coefficient (Wildman–Crippen LogP) is 5.17. The number of hydrogen-bond acceptors (Lipinski definition) is 5. The number of carbonyl (C=O) groups excluding carboxylic acids is 1. The molecule has 0 aliphatic carbocycles. The lowest BCUT2D eigenvalue weighted by Crippen LogP contribution is -2.26. The molecule has 0 saturated carbocycles. The van der Waals surface area contributed by atoms with Gasteiger partial charge in [-0.2, -0.15) is 0 Å². The van der Waals surface area contributed by atoms with E-state index in [-0.39, 0.29) is 11.5 Å². The van der Waals surface area contributed by atoms with Crippen molar-refractivity contribution in [1.29, 1.82) is 0 Å². The molecule has 6 nitrogen and oxygen atoms in total. The molecule has 0 spiro atoms. The van der Waals surface area contributed by atoms with Crippen molar-refractivity contribution in [1.82, 2.24) is 14.9 Å². The molecular formula is C20H24Cl2N4O2. The van der Waals surface area contributed by atoms with Crippen LogP contribution >= 0.6 is 23.2 Å². The first-order chi connectivity index (χ1) is 13.2. The second-order valence-electron chi connectivity index (χ2n) is 7.76. The van der Waals surface area contributed by atoms with E-state index in [1.165, 1.54) is 0 Å². The summed E-state index contributed by atoms with van der Waals surface area (Å²) in [7, 11) is 0. The number of benzene rings is 1. The molecule has 0 radical (unpaired) electrons. The highest BCUT2D eigenvalue weighted by molar-refractivity contribution is 6.34. The number of nitrogens with zero attached hydrogens (tertiary/aromatic N) is 3. The molecule has 1 aromatic heterocycles. The number of nitrogens with one attached hydrogen (secondary N) is 1. The van der Waals surface area contributed by atoms with E-state index in [1.807, 2.05) is 12.1 Å². The van der Waals surface area contributed by atoms with Gasteiger partial charge in [0.05, 0.1) is 31.1 Å². The van der Waals surface area contributed by atoms with Crippen LogP contribution in [0.2, 0.25) is 10.0 Å². The van der Waals surface area contributed by atoms with Crippen molar-refractivity contribution < 1.29 is 9.53 Å². The Balaban J connectivity index is 1.86.